The third-order valence-electron chi connectivity index (χ3n) is 6.82. The first-order chi connectivity index (χ1) is 15.6. The van der Waals surface area contributed by atoms with E-state index in [4.69, 9.17) is 11.6 Å². The van der Waals surface area contributed by atoms with Gasteiger partial charge in [0.25, 0.3) is 0 Å². The van der Waals surface area contributed by atoms with E-state index in [2.05, 4.69) is 26.8 Å². The number of carbonyl (C=O) groups excluding carboxylic acids is 1. The summed E-state index contributed by atoms with van der Waals surface area (Å²) >= 11 is 5.98. The Labute approximate surface area is 195 Å². The highest BCUT2D eigenvalue weighted by molar-refractivity contribution is 6.30. The Hall–Kier alpha value is -1.79. The molecule has 2 aliphatic rings. The van der Waals surface area contributed by atoms with Crippen LogP contribution >= 0.6 is 11.6 Å². The van der Waals surface area contributed by atoms with Crippen molar-refractivity contribution in [1.82, 2.24) is 14.7 Å². The summed E-state index contributed by atoms with van der Waals surface area (Å²) in [4.78, 5) is 20.2. The molecule has 2 fully saturated rings. The number of piperazine rings is 1. The van der Waals surface area contributed by atoms with Gasteiger partial charge < -0.3 is 9.80 Å². The second-order valence-electron chi connectivity index (χ2n) is 9.08. The molecule has 0 bridgehead atoms. The molecule has 0 saturated carbocycles. The quantitative estimate of drug-likeness (QED) is 0.542. The third-order valence-corrected chi connectivity index (χ3v) is 7.07. The molecule has 2 saturated heterocycles. The maximum Gasteiger partial charge on any atom is 0.166 e. The van der Waals surface area contributed by atoms with Gasteiger partial charge in [-0.15, -0.1) is 0 Å². The van der Waals surface area contributed by atoms with Crippen LogP contribution < -0.4 is 0 Å². The van der Waals surface area contributed by atoms with Gasteiger partial charge in [0.2, 0.25) is 0 Å². The predicted octanol–water partition coefficient (Wildman–Crippen LogP) is 4.58. The summed E-state index contributed by atoms with van der Waals surface area (Å²) in [5, 5.41) is 0.794. The minimum atomic E-state index is -0.292. The fourth-order valence-corrected chi connectivity index (χ4v) is 4.93. The van der Waals surface area contributed by atoms with Crippen LogP contribution in [0.15, 0.2) is 48.5 Å². The van der Waals surface area contributed by atoms with E-state index in [1.165, 1.54) is 24.1 Å². The van der Waals surface area contributed by atoms with E-state index in [0.29, 0.717) is 5.56 Å². The van der Waals surface area contributed by atoms with E-state index in [-0.39, 0.29) is 17.5 Å². The minimum Gasteiger partial charge on any atom is -0.303 e. The van der Waals surface area contributed by atoms with Gasteiger partial charge in [0, 0.05) is 49.2 Å². The molecule has 2 heterocycles. The molecule has 2 aromatic carbocycles. The van der Waals surface area contributed by atoms with Gasteiger partial charge in [0.1, 0.15) is 5.82 Å². The van der Waals surface area contributed by atoms with Gasteiger partial charge in [0.15, 0.2) is 5.78 Å². The van der Waals surface area contributed by atoms with Crippen molar-refractivity contribution in [2.45, 2.75) is 25.8 Å². The van der Waals surface area contributed by atoms with Crippen LogP contribution in [0.1, 0.15) is 35.2 Å². The number of hydrogen-bond acceptors (Lipinski definition) is 4. The van der Waals surface area contributed by atoms with E-state index in [9.17, 15) is 9.18 Å². The van der Waals surface area contributed by atoms with Gasteiger partial charge >= 0.3 is 0 Å². The molecule has 0 spiro atoms. The Bertz CT molecular complexity index is 858. The topological polar surface area (TPSA) is 26.8 Å². The van der Waals surface area contributed by atoms with Crippen molar-refractivity contribution in [2.24, 2.45) is 5.92 Å². The monoisotopic (exact) mass is 457 g/mol. The third kappa shape index (κ3) is 6.61. The lowest BCUT2D eigenvalue weighted by molar-refractivity contribution is 0.0829. The zero-order valence-corrected chi connectivity index (χ0v) is 19.4. The van der Waals surface area contributed by atoms with Crippen LogP contribution in [0, 0.1) is 11.7 Å². The number of carbonyl (C=O) groups is 1. The molecule has 0 N–H and O–H groups in total. The second kappa shape index (κ2) is 11.4. The molecule has 172 valence electrons. The first-order valence-corrected chi connectivity index (χ1v) is 12.2. The van der Waals surface area contributed by atoms with Crippen molar-refractivity contribution < 1.29 is 9.18 Å². The number of nitrogens with zero attached hydrogens (tertiary/aromatic N) is 3. The summed E-state index contributed by atoms with van der Waals surface area (Å²) in [5.74, 6) is -0.0501. The number of halogens is 2. The van der Waals surface area contributed by atoms with Gasteiger partial charge in [-0.05, 0) is 87.4 Å². The van der Waals surface area contributed by atoms with Crippen LogP contribution in [-0.4, -0.2) is 72.8 Å². The Morgan fingerprint density at radius 1 is 0.812 bits per heavy atom. The average molecular weight is 458 g/mol. The summed E-state index contributed by atoms with van der Waals surface area (Å²) in [6.07, 6.45) is 2.98. The van der Waals surface area contributed by atoms with Crippen LogP contribution in [0.3, 0.4) is 0 Å². The van der Waals surface area contributed by atoms with Crippen LogP contribution in [0.25, 0.3) is 0 Å². The van der Waals surface area contributed by atoms with Crippen molar-refractivity contribution in [3.05, 3.63) is 70.5 Å². The van der Waals surface area contributed by atoms with Gasteiger partial charge in [0.05, 0.1) is 0 Å². The van der Waals surface area contributed by atoms with E-state index in [1.54, 1.807) is 12.1 Å². The minimum absolute atomic E-state index is 0.0745. The van der Waals surface area contributed by atoms with Gasteiger partial charge in [-0.3, -0.25) is 9.69 Å². The molecule has 0 amide bonds. The van der Waals surface area contributed by atoms with E-state index in [1.807, 2.05) is 12.1 Å². The number of benzene rings is 2. The molecular weight excluding hydrogens is 425 g/mol. The predicted molar refractivity (Wildman–Crippen MR) is 128 cm³/mol. The Balaban J connectivity index is 1.10. The van der Waals surface area contributed by atoms with Crippen LogP contribution in [0.4, 0.5) is 4.39 Å². The van der Waals surface area contributed by atoms with Gasteiger partial charge in [-0.2, -0.15) is 0 Å². The van der Waals surface area contributed by atoms with E-state index < -0.39 is 0 Å². The Morgan fingerprint density at radius 2 is 1.38 bits per heavy atom. The number of rotatable bonds is 8. The second-order valence-corrected chi connectivity index (χ2v) is 9.52. The van der Waals surface area contributed by atoms with E-state index >= 15 is 0 Å². The summed E-state index contributed by atoms with van der Waals surface area (Å²) in [7, 11) is 0. The number of Topliss-reactive ketones (excluding diaryl/α,β-unsaturated/α-hetero) is 1. The SMILES string of the molecule is O=C(c1ccc(F)cc1)C1CCN(CCCN2CCN(Cc3ccc(Cl)cc3)CC2)CC1. The molecule has 0 radical (unpaired) electrons. The fourth-order valence-electron chi connectivity index (χ4n) is 4.81. The molecule has 2 aliphatic heterocycles. The summed E-state index contributed by atoms with van der Waals surface area (Å²) in [6, 6.07) is 14.1. The van der Waals surface area contributed by atoms with Crippen LogP contribution in [0.5, 0.6) is 0 Å². The van der Waals surface area contributed by atoms with Crippen molar-refractivity contribution in [2.75, 3.05) is 52.4 Å². The highest BCUT2D eigenvalue weighted by atomic mass is 35.5. The zero-order valence-electron chi connectivity index (χ0n) is 18.7. The van der Waals surface area contributed by atoms with Crippen molar-refractivity contribution in [1.29, 1.82) is 0 Å². The number of hydrogen-bond donors (Lipinski definition) is 0. The maximum absolute atomic E-state index is 13.1. The summed E-state index contributed by atoms with van der Waals surface area (Å²) < 4.78 is 13.1. The van der Waals surface area contributed by atoms with Gasteiger partial charge in [-0.1, -0.05) is 23.7 Å². The largest absolute Gasteiger partial charge is 0.303 e. The molecule has 2 aromatic rings. The van der Waals surface area contributed by atoms with Crippen molar-refractivity contribution in [3.63, 3.8) is 0 Å². The maximum atomic E-state index is 13.1. The molecule has 0 aromatic heterocycles. The molecular formula is C26H33ClFN3O. The molecule has 0 unspecified atom stereocenters. The molecule has 32 heavy (non-hydrogen) atoms. The Morgan fingerprint density at radius 3 is 2.00 bits per heavy atom. The molecule has 4 rings (SSSR count). The first kappa shape index (κ1) is 23.4. The van der Waals surface area contributed by atoms with Crippen LogP contribution in [-0.2, 0) is 6.54 Å². The number of piperidine rings is 1. The standard InChI is InChI=1S/C26H33ClFN3O/c27-24-6-2-21(3-7-24)20-31-18-16-30(17-19-31)13-1-12-29-14-10-23(11-15-29)26(32)22-4-8-25(28)9-5-22/h2-9,23H,1,10-20H2. The van der Waals surface area contributed by atoms with Crippen LogP contribution in [0.2, 0.25) is 5.02 Å². The highest BCUT2D eigenvalue weighted by Gasteiger charge is 2.26. The van der Waals surface area contributed by atoms with E-state index in [0.717, 1.165) is 76.8 Å². The van der Waals surface area contributed by atoms with Gasteiger partial charge in [-0.25, -0.2) is 4.39 Å². The first-order valence-electron chi connectivity index (χ1n) is 11.8. The van der Waals surface area contributed by atoms with Crippen molar-refractivity contribution >= 4 is 17.4 Å². The number of likely N-dealkylation sites (tertiary alicyclic amines) is 1. The van der Waals surface area contributed by atoms with Crippen molar-refractivity contribution in [3.8, 4) is 0 Å². The summed E-state index contributed by atoms with van der Waals surface area (Å²) in [6.45, 7) is 9.67. The molecule has 0 aliphatic carbocycles. The lowest BCUT2D eigenvalue weighted by Gasteiger charge is -2.36. The highest BCUT2D eigenvalue weighted by Crippen LogP contribution is 2.22. The Kier molecular flexibility index (Phi) is 8.31. The molecule has 6 heteroatoms. The summed E-state index contributed by atoms with van der Waals surface area (Å²) in [5.41, 5.74) is 1.96. The number of ketones is 1. The fraction of sp³-hybridized carbons (Fsp3) is 0.500. The average Bonchev–Trinajstić information content (AvgIpc) is 2.82. The lowest BCUT2D eigenvalue weighted by Crippen LogP contribution is -2.46. The molecule has 0 atom stereocenters. The smallest absolute Gasteiger partial charge is 0.166 e. The normalized spacial score (nSPS) is 19.3. The lowest BCUT2D eigenvalue weighted by atomic mass is 9.89. The zero-order chi connectivity index (χ0) is 22.3. The molecule has 4 nitrogen and oxygen atoms in total.